The molecule has 1 fully saturated rings. The van der Waals surface area contributed by atoms with E-state index in [0.29, 0.717) is 24.5 Å². The molecule has 0 bridgehead atoms. The summed E-state index contributed by atoms with van der Waals surface area (Å²) in [5, 5.41) is 11.8. The van der Waals surface area contributed by atoms with E-state index in [4.69, 9.17) is 19.3 Å². The number of carboxylic acid groups (broad SMARTS) is 1. The van der Waals surface area contributed by atoms with Gasteiger partial charge in [0.05, 0.1) is 25.7 Å². The molecule has 2 rings (SSSR count). The standard InChI is InChI=1S/C16H21NO6/c1-11(23-13-5-3-12(21-2)4-6-13)15(20)17-16(9-14(18)19)7-8-22-10-16/h3-6,11H,7-10H2,1-2H3,(H,17,20)(H,18,19). The van der Waals surface area contributed by atoms with Crippen molar-refractivity contribution in [2.45, 2.75) is 31.4 Å². The van der Waals surface area contributed by atoms with E-state index < -0.39 is 17.6 Å². The summed E-state index contributed by atoms with van der Waals surface area (Å²) in [5.41, 5.74) is -0.861. The predicted molar refractivity (Wildman–Crippen MR) is 81.6 cm³/mol. The van der Waals surface area contributed by atoms with Crippen LogP contribution in [-0.2, 0) is 14.3 Å². The first-order valence-electron chi connectivity index (χ1n) is 7.36. The minimum absolute atomic E-state index is 0.173. The fraction of sp³-hybridized carbons (Fsp3) is 0.500. The summed E-state index contributed by atoms with van der Waals surface area (Å²) in [6, 6.07) is 6.87. The minimum atomic E-state index is -0.973. The van der Waals surface area contributed by atoms with Crippen LogP contribution in [0.2, 0.25) is 0 Å². The predicted octanol–water partition coefficient (Wildman–Crippen LogP) is 1.21. The van der Waals surface area contributed by atoms with Crippen LogP contribution in [0.3, 0.4) is 0 Å². The van der Waals surface area contributed by atoms with Crippen LogP contribution in [0, 0.1) is 0 Å². The van der Waals surface area contributed by atoms with Gasteiger partial charge in [0.25, 0.3) is 5.91 Å². The molecule has 2 N–H and O–H groups in total. The van der Waals surface area contributed by atoms with Crippen LogP contribution in [0.4, 0.5) is 0 Å². The maximum atomic E-state index is 12.3. The third-order valence-corrected chi connectivity index (χ3v) is 3.72. The van der Waals surface area contributed by atoms with Gasteiger partial charge in [0, 0.05) is 6.61 Å². The summed E-state index contributed by atoms with van der Waals surface area (Å²) in [6.45, 7) is 2.24. The molecule has 126 valence electrons. The van der Waals surface area contributed by atoms with Crippen molar-refractivity contribution in [3.63, 3.8) is 0 Å². The van der Waals surface area contributed by atoms with Crippen LogP contribution in [0.15, 0.2) is 24.3 Å². The van der Waals surface area contributed by atoms with E-state index in [1.165, 1.54) is 0 Å². The molecule has 1 saturated heterocycles. The highest BCUT2D eigenvalue weighted by atomic mass is 16.5. The normalized spacial score (nSPS) is 21.5. The molecule has 23 heavy (non-hydrogen) atoms. The van der Waals surface area contributed by atoms with Crippen LogP contribution in [0.25, 0.3) is 0 Å². The highest BCUT2D eigenvalue weighted by Gasteiger charge is 2.39. The van der Waals surface area contributed by atoms with E-state index in [1.54, 1.807) is 38.3 Å². The average molecular weight is 323 g/mol. The van der Waals surface area contributed by atoms with Gasteiger partial charge in [-0.05, 0) is 37.6 Å². The second kappa shape index (κ2) is 7.32. The molecule has 1 amide bonds. The van der Waals surface area contributed by atoms with E-state index >= 15 is 0 Å². The summed E-state index contributed by atoms with van der Waals surface area (Å²) in [7, 11) is 1.57. The van der Waals surface area contributed by atoms with Crippen LogP contribution in [0.5, 0.6) is 11.5 Å². The highest BCUT2D eigenvalue weighted by Crippen LogP contribution is 2.23. The number of hydrogen-bond acceptors (Lipinski definition) is 5. The van der Waals surface area contributed by atoms with E-state index in [1.807, 2.05) is 0 Å². The molecule has 1 aromatic carbocycles. The number of rotatable bonds is 7. The quantitative estimate of drug-likeness (QED) is 0.783. The lowest BCUT2D eigenvalue weighted by atomic mass is 9.94. The Morgan fingerprint density at radius 2 is 2.00 bits per heavy atom. The van der Waals surface area contributed by atoms with Gasteiger partial charge >= 0.3 is 5.97 Å². The maximum Gasteiger partial charge on any atom is 0.305 e. The first kappa shape index (κ1) is 17.1. The lowest BCUT2D eigenvalue weighted by Gasteiger charge is -2.28. The van der Waals surface area contributed by atoms with Gasteiger partial charge in [0.2, 0.25) is 0 Å². The number of nitrogens with one attached hydrogen (secondary N) is 1. The number of amides is 1. The maximum absolute atomic E-state index is 12.3. The van der Waals surface area contributed by atoms with E-state index in [9.17, 15) is 9.59 Å². The number of carboxylic acids is 1. The zero-order valence-electron chi connectivity index (χ0n) is 13.2. The Bertz CT molecular complexity index is 550. The molecular weight excluding hydrogens is 302 g/mol. The third kappa shape index (κ3) is 4.59. The Labute approximate surface area is 134 Å². The smallest absolute Gasteiger partial charge is 0.305 e. The topological polar surface area (TPSA) is 94.1 Å². The van der Waals surface area contributed by atoms with Crippen molar-refractivity contribution in [2.75, 3.05) is 20.3 Å². The number of hydrogen-bond donors (Lipinski definition) is 2. The fourth-order valence-corrected chi connectivity index (χ4v) is 2.45. The number of carbonyl (C=O) groups is 2. The van der Waals surface area contributed by atoms with Crippen molar-refractivity contribution in [2.24, 2.45) is 0 Å². The molecule has 1 aliphatic heterocycles. The van der Waals surface area contributed by atoms with Gasteiger partial charge in [-0.1, -0.05) is 0 Å². The first-order chi connectivity index (χ1) is 10.9. The summed E-state index contributed by atoms with van der Waals surface area (Å²) >= 11 is 0. The molecule has 1 aliphatic rings. The molecule has 0 saturated carbocycles. The number of benzene rings is 1. The molecule has 7 heteroatoms. The second-order valence-corrected chi connectivity index (χ2v) is 5.58. The van der Waals surface area contributed by atoms with Crippen molar-refractivity contribution in [1.82, 2.24) is 5.32 Å². The van der Waals surface area contributed by atoms with Crippen LogP contribution in [0.1, 0.15) is 19.8 Å². The Balaban J connectivity index is 1.96. The molecule has 0 radical (unpaired) electrons. The molecule has 0 spiro atoms. The lowest BCUT2D eigenvalue weighted by Crippen LogP contribution is -2.53. The van der Waals surface area contributed by atoms with Gasteiger partial charge in [-0.3, -0.25) is 9.59 Å². The zero-order chi connectivity index (χ0) is 16.9. The Morgan fingerprint density at radius 3 is 2.52 bits per heavy atom. The molecule has 0 aliphatic carbocycles. The molecule has 2 atom stereocenters. The van der Waals surface area contributed by atoms with Gasteiger partial charge in [-0.25, -0.2) is 0 Å². The highest BCUT2D eigenvalue weighted by molar-refractivity contribution is 5.82. The first-order valence-corrected chi connectivity index (χ1v) is 7.36. The molecule has 7 nitrogen and oxygen atoms in total. The minimum Gasteiger partial charge on any atom is -0.497 e. The van der Waals surface area contributed by atoms with Crippen LogP contribution >= 0.6 is 0 Å². The largest absolute Gasteiger partial charge is 0.497 e. The molecular formula is C16H21NO6. The van der Waals surface area contributed by atoms with Gasteiger partial charge in [0.15, 0.2) is 6.10 Å². The number of carbonyl (C=O) groups excluding carboxylic acids is 1. The Kier molecular flexibility index (Phi) is 5.44. The number of methoxy groups -OCH3 is 1. The summed E-state index contributed by atoms with van der Waals surface area (Å²) in [6.07, 6.45) is -0.455. The van der Waals surface area contributed by atoms with Crippen molar-refractivity contribution < 1.29 is 28.9 Å². The van der Waals surface area contributed by atoms with Gasteiger partial charge in [0.1, 0.15) is 11.5 Å². The van der Waals surface area contributed by atoms with E-state index in [0.717, 1.165) is 0 Å². The van der Waals surface area contributed by atoms with Crippen molar-refractivity contribution in [1.29, 1.82) is 0 Å². The number of ether oxygens (including phenoxy) is 3. The van der Waals surface area contributed by atoms with Crippen molar-refractivity contribution in [3.8, 4) is 11.5 Å². The second-order valence-electron chi connectivity index (χ2n) is 5.58. The molecule has 2 unspecified atom stereocenters. The van der Waals surface area contributed by atoms with Crippen molar-refractivity contribution in [3.05, 3.63) is 24.3 Å². The monoisotopic (exact) mass is 323 g/mol. The van der Waals surface area contributed by atoms with Gasteiger partial charge in [-0.2, -0.15) is 0 Å². The Morgan fingerprint density at radius 1 is 1.35 bits per heavy atom. The molecule has 1 aromatic rings. The third-order valence-electron chi connectivity index (χ3n) is 3.72. The van der Waals surface area contributed by atoms with Crippen LogP contribution in [-0.4, -0.2) is 48.9 Å². The van der Waals surface area contributed by atoms with Crippen LogP contribution < -0.4 is 14.8 Å². The fourth-order valence-electron chi connectivity index (χ4n) is 2.45. The zero-order valence-corrected chi connectivity index (χ0v) is 13.2. The molecule has 1 heterocycles. The van der Waals surface area contributed by atoms with Gasteiger partial charge < -0.3 is 24.6 Å². The summed E-state index contributed by atoms with van der Waals surface area (Å²) < 4.78 is 15.9. The van der Waals surface area contributed by atoms with Crippen molar-refractivity contribution >= 4 is 11.9 Å². The Hall–Kier alpha value is -2.28. The van der Waals surface area contributed by atoms with E-state index in [2.05, 4.69) is 5.32 Å². The number of aliphatic carboxylic acids is 1. The SMILES string of the molecule is COc1ccc(OC(C)C(=O)NC2(CC(=O)O)CCOC2)cc1. The summed E-state index contributed by atoms with van der Waals surface area (Å²) in [5.74, 6) is -0.117. The average Bonchev–Trinajstić information content (AvgIpc) is 2.95. The van der Waals surface area contributed by atoms with E-state index in [-0.39, 0.29) is 18.9 Å². The molecule has 0 aromatic heterocycles. The lowest BCUT2D eigenvalue weighted by molar-refractivity contribution is -0.139. The summed E-state index contributed by atoms with van der Waals surface area (Å²) in [4.78, 5) is 23.3. The van der Waals surface area contributed by atoms with Gasteiger partial charge in [-0.15, -0.1) is 0 Å².